The fourth-order valence-electron chi connectivity index (χ4n) is 3.08. The van der Waals surface area contributed by atoms with E-state index in [0.29, 0.717) is 23.0 Å². The van der Waals surface area contributed by atoms with Crippen molar-refractivity contribution in [2.24, 2.45) is 11.8 Å². The molecule has 1 saturated heterocycles. The van der Waals surface area contributed by atoms with Crippen LogP contribution < -0.4 is 0 Å². The summed E-state index contributed by atoms with van der Waals surface area (Å²) in [5, 5.41) is 8.86. The van der Waals surface area contributed by atoms with Crippen molar-refractivity contribution < 1.29 is 9.90 Å². The van der Waals surface area contributed by atoms with E-state index in [9.17, 15) is 4.79 Å². The third kappa shape index (κ3) is 3.86. The Balaban J connectivity index is 2.31. The number of piperidine rings is 1. The molecular weight excluding hydrogens is 262 g/mol. The molecule has 1 amide bonds. The van der Waals surface area contributed by atoms with Crippen molar-refractivity contribution in [1.82, 2.24) is 4.90 Å². The minimum Gasteiger partial charge on any atom is -0.384 e. The first-order chi connectivity index (χ1) is 10.0. The van der Waals surface area contributed by atoms with E-state index in [2.05, 4.69) is 25.7 Å². The second-order valence-electron chi connectivity index (χ2n) is 6.17. The third-order valence-electron chi connectivity index (χ3n) is 3.86. The monoisotopic (exact) mass is 285 g/mol. The van der Waals surface area contributed by atoms with Crippen molar-refractivity contribution in [3.05, 3.63) is 34.9 Å². The van der Waals surface area contributed by atoms with Gasteiger partial charge in [-0.25, -0.2) is 0 Å². The molecule has 112 valence electrons. The summed E-state index contributed by atoms with van der Waals surface area (Å²) in [5.41, 5.74) is 2.40. The van der Waals surface area contributed by atoms with Crippen molar-refractivity contribution in [2.75, 3.05) is 19.7 Å². The number of aliphatic hydroxyl groups is 1. The van der Waals surface area contributed by atoms with Crippen LogP contribution in [0.5, 0.6) is 0 Å². The third-order valence-corrected chi connectivity index (χ3v) is 3.86. The highest BCUT2D eigenvalue weighted by Crippen LogP contribution is 2.23. The molecule has 1 fully saturated rings. The summed E-state index contributed by atoms with van der Waals surface area (Å²) in [4.78, 5) is 14.8. The van der Waals surface area contributed by atoms with E-state index in [-0.39, 0.29) is 12.5 Å². The molecule has 0 spiro atoms. The Bertz CT molecular complexity index is 573. The van der Waals surface area contributed by atoms with Gasteiger partial charge in [-0.3, -0.25) is 4.79 Å². The second kappa shape index (κ2) is 6.78. The van der Waals surface area contributed by atoms with Crippen LogP contribution in [0.3, 0.4) is 0 Å². The van der Waals surface area contributed by atoms with Gasteiger partial charge in [0.2, 0.25) is 0 Å². The van der Waals surface area contributed by atoms with E-state index < -0.39 is 0 Å². The summed E-state index contributed by atoms with van der Waals surface area (Å²) in [6, 6.07) is 5.70. The molecule has 1 aromatic carbocycles. The molecular formula is C18H23NO2. The first-order valence-electron chi connectivity index (χ1n) is 7.51. The van der Waals surface area contributed by atoms with Gasteiger partial charge >= 0.3 is 0 Å². The van der Waals surface area contributed by atoms with Gasteiger partial charge in [-0.1, -0.05) is 37.3 Å². The van der Waals surface area contributed by atoms with Crippen molar-refractivity contribution in [1.29, 1.82) is 0 Å². The van der Waals surface area contributed by atoms with Gasteiger partial charge in [-0.2, -0.15) is 0 Å². The van der Waals surface area contributed by atoms with Crippen LogP contribution >= 0.6 is 0 Å². The Morgan fingerprint density at radius 2 is 2.00 bits per heavy atom. The Kier molecular flexibility index (Phi) is 5.03. The van der Waals surface area contributed by atoms with Crippen LogP contribution in [-0.4, -0.2) is 35.6 Å². The van der Waals surface area contributed by atoms with Crippen LogP contribution in [0.4, 0.5) is 0 Å². The standard InChI is InChI=1S/C18H23NO2/c1-13-6-7-16(5-4-8-20)17(10-13)18(21)19-11-14(2)9-15(3)12-19/h6-7,10,14-15,20H,8-9,11-12H2,1-3H3. The number of aliphatic hydroxyl groups excluding tert-OH is 1. The molecule has 1 N–H and O–H groups in total. The molecule has 1 aliphatic rings. The molecule has 3 nitrogen and oxygen atoms in total. The Morgan fingerprint density at radius 3 is 2.62 bits per heavy atom. The van der Waals surface area contributed by atoms with Gasteiger partial charge < -0.3 is 10.0 Å². The van der Waals surface area contributed by atoms with Crippen LogP contribution in [-0.2, 0) is 0 Å². The summed E-state index contributed by atoms with van der Waals surface area (Å²) in [5.74, 6) is 6.65. The molecule has 1 heterocycles. The quantitative estimate of drug-likeness (QED) is 0.805. The number of aryl methyl sites for hydroxylation is 1. The van der Waals surface area contributed by atoms with E-state index in [4.69, 9.17) is 5.11 Å². The molecule has 2 unspecified atom stereocenters. The van der Waals surface area contributed by atoms with Gasteiger partial charge in [-0.15, -0.1) is 0 Å². The fraction of sp³-hybridized carbons (Fsp3) is 0.500. The van der Waals surface area contributed by atoms with Gasteiger partial charge in [0.05, 0.1) is 5.56 Å². The SMILES string of the molecule is Cc1ccc(C#CCO)c(C(=O)N2CC(C)CC(C)C2)c1. The predicted molar refractivity (Wildman–Crippen MR) is 84.0 cm³/mol. The lowest BCUT2D eigenvalue weighted by atomic mass is 9.91. The first kappa shape index (κ1) is 15.6. The topological polar surface area (TPSA) is 40.5 Å². The second-order valence-corrected chi connectivity index (χ2v) is 6.17. The average Bonchev–Trinajstić information content (AvgIpc) is 2.44. The summed E-state index contributed by atoms with van der Waals surface area (Å²) in [6.07, 6.45) is 1.18. The Hall–Kier alpha value is -1.79. The van der Waals surface area contributed by atoms with Crippen molar-refractivity contribution in [3.63, 3.8) is 0 Å². The summed E-state index contributed by atoms with van der Waals surface area (Å²) < 4.78 is 0. The molecule has 3 heteroatoms. The van der Waals surface area contributed by atoms with Crippen LogP contribution in [0.15, 0.2) is 18.2 Å². The lowest BCUT2D eigenvalue weighted by molar-refractivity contribution is 0.0623. The largest absolute Gasteiger partial charge is 0.384 e. The number of carbonyl (C=O) groups excluding carboxylic acids is 1. The van der Waals surface area contributed by atoms with Crippen LogP contribution in [0.2, 0.25) is 0 Å². The number of hydrogen-bond donors (Lipinski definition) is 1. The van der Waals surface area contributed by atoms with Gasteiger partial charge in [0.25, 0.3) is 5.91 Å². The van der Waals surface area contributed by atoms with E-state index in [1.165, 1.54) is 6.42 Å². The van der Waals surface area contributed by atoms with Crippen LogP contribution in [0.25, 0.3) is 0 Å². The molecule has 0 aliphatic carbocycles. The molecule has 0 saturated carbocycles. The summed E-state index contributed by atoms with van der Waals surface area (Å²) >= 11 is 0. The minimum atomic E-state index is -0.195. The highest BCUT2D eigenvalue weighted by molar-refractivity contribution is 5.97. The lowest BCUT2D eigenvalue weighted by Crippen LogP contribution is -2.42. The number of carbonyl (C=O) groups is 1. The molecule has 2 atom stereocenters. The van der Waals surface area contributed by atoms with E-state index >= 15 is 0 Å². The number of likely N-dealkylation sites (tertiary alicyclic amines) is 1. The zero-order valence-electron chi connectivity index (χ0n) is 13.0. The van der Waals surface area contributed by atoms with Crippen molar-refractivity contribution >= 4 is 5.91 Å². The maximum Gasteiger partial charge on any atom is 0.255 e. The van der Waals surface area contributed by atoms with Crippen molar-refractivity contribution in [2.45, 2.75) is 27.2 Å². The Labute approximate surface area is 127 Å². The molecule has 1 aliphatic heterocycles. The minimum absolute atomic E-state index is 0.0549. The van der Waals surface area contributed by atoms with Gasteiger partial charge in [0.15, 0.2) is 0 Å². The number of benzene rings is 1. The zero-order chi connectivity index (χ0) is 15.4. The highest BCUT2D eigenvalue weighted by Gasteiger charge is 2.27. The molecule has 21 heavy (non-hydrogen) atoms. The van der Waals surface area contributed by atoms with Gasteiger partial charge in [0, 0.05) is 18.7 Å². The average molecular weight is 285 g/mol. The van der Waals surface area contributed by atoms with E-state index in [1.807, 2.05) is 30.0 Å². The number of amides is 1. The normalized spacial score (nSPS) is 21.6. The van der Waals surface area contributed by atoms with Gasteiger partial charge in [0.1, 0.15) is 6.61 Å². The summed E-state index contributed by atoms with van der Waals surface area (Å²) in [7, 11) is 0. The van der Waals surface area contributed by atoms with Crippen LogP contribution in [0, 0.1) is 30.6 Å². The van der Waals surface area contributed by atoms with E-state index in [0.717, 1.165) is 18.7 Å². The van der Waals surface area contributed by atoms with Gasteiger partial charge in [-0.05, 0) is 37.3 Å². The number of nitrogens with zero attached hydrogens (tertiary/aromatic N) is 1. The summed E-state index contributed by atoms with van der Waals surface area (Å²) in [6.45, 7) is 7.78. The molecule has 0 aromatic heterocycles. The predicted octanol–water partition coefficient (Wildman–Crippen LogP) is 2.46. The Morgan fingerprint density at radius 1 is 1.33 bits per heavy atom. The maximum atomic E-state index is 12.8. The zero-order valence-corrected chi connectivity index (χ0v) is 13.0. The molecule has 1 aromatic rings. The van der Waals surface area contributed by atoms with Crippen LogP contribution in [0.1, 0.15) is 41.8 Å². The molecule has 0 radical (unpaired) electrons. The lowest BCUT2D eigenvalue weighted by Gasteiger charge is -2.35. The fourth-order valence-corrected chi connectivity index (χ4v) is 3.08. The smallest absolute Gasteiger partial charge is 0.255 e. The van der Waals surface area contributed by atoms with Crippen molar-refractivity contribution in [3.8, 4) is 11.8 Å². The molecule has 2 rings (SSSR count). The van der Waals surface area contributed by atoms with E-state index in [1.54, 1.807) is 0 Å². The number of hydrogen-bond acceptors (Lipinski definition) is 2. The highest BCUT2D eigenvalue weighted by atomic mass is 16.2. The maximum absolute atomic E-state index is 12.8. The molecule has 0 bridgehead atoms. The first-order valence-corrected chi connectivity index (χ1v) is 7.51. The number of rotatable bonds is 1.